The number of nitrogens with zero attached hydrogens (tertiary/aromatic N) is 1. The van der Waals surface area contributed by atoms with E-state index in [0.717, 1.165) is 38.4 Å². The molecule has 0 saturated carbocycles. The summed E-state index contributed by atoms with van der Waals surface area (Å²) in [6.07, 6.45) is 3.32. The van der Waals surface area contributed by atoms with E-state index in [-0.39, 0.29) is 30.8 Å². The Balaban J connectivity index is 0.00000400. The third-order valence-corrected chi connectivity index (χ3v) is 3.85. The number of piperidine rings is 1. The molecule has 124 valence electrons. The van der Waals surface area contributed by atoms with Gasteiger partial charge < -0.3 is 15.5 Å². The van der Waals surface area contributed by atoms with Crippen LogP contribution in [0.1, 0.15) is 40.0 Å². The van der Waals surface area contributed by atoms with Gasteiger partial charge in [0.05, 0.1) is 6.54 Å². The van der Waals surface area contributed by atoms with Crippen LogP contribution in [-0.4, -0.2) is 49.9 Å². The van der Waals surface area contributed by atoms with Crippen LogP contribution in [0.5, 0.6) is 0 Å². The van der Waals surface area contributed by atoms with E-state index in [0.29, 0.717) is 0 Å². The quantitative estimate of drug-likeness (QED) is 0.805. The van der Waals surface area contributed by atoms with Gasteiger partial charge in [-0.15, -0.1) is 12.4 Å². The van der Waals surface area contributed by atoms with Gasteiger partial charge in [-0.2, -0.15) is 0 Å². The number of hydrogen-bond acceptors (Lipinski definition) is 3. The van der Waals surface area contributed by atoms with Crippen molar-refractivity contribution in [3.05, 3.63) is 0 Å². The van der Waals surface area contributed by atoms with E-state index >= 15 is 0 Å². The maximum absolute atomic E-state index is 12.0. The monoisotopic (exact) mass is 319 g/mol. The predicted molar refractivity (Wildman–Crippen MR) is 87.6 cm³/mol. The summed E-state index contributed by atoms with van der Waals surface area (Å²) < 4.78 is 0. The van der Waals surface area contributed by atoms with E-state index in [4.69, 9.17) is 0 Å². The van der Waals surface area contributed by atoms with Crippen molar-refractivity contribution in [1.29, 1.82) is 0 Å². The van der Waals surface area contributed by atoms with Gasteiger partial charge in [0.2, 0.25) is 11.8 Å². The topological polar surface area (TPSA) is 61.4 Å². The molecule has 5 nitrogen and oxygen atoms in total. The zero-order chi connectivity index (χ0) is 15.2. The summed E-state index contributed by atoms with van der Waals surface area (Å²) in [5.41, 5.74) is -0.444. The van der Waals surface area contributed by atoms with Crippen LogP contribution >= 0.6 is 12.4 Å². The second kappa shape index (κ2) is 9.26. The summed E-state index contributed by atoms with van der Waals surface area (Å²) in [7, 11) is 1.97. The molecular formula is C15H30ClN3O2. The number of likely N-dealkylation sites (tertiary alicyclic amines) is 1. The molecule has 2 N–H and O–H groups in total. The first-order valence-electron chi connectivity index (χ1n) is 7.55. The number of hydrogen-bond donors (Lipinski definition) is 2. The largest absolute Gasteiger partial charge is 0.347 e. The molecule has 1 fully saturated rings. The Morgan fingerprint density at radius 3 is 2.24 bits per heavy atom. The molecule has 1 heterocycles. The van der Waals surface area contributed by atoms with Gasteiger partial charge in [0.25, 0.3) is 0 Å². The number of carbonyl (C=O) groups excluding carboxylic acids is 2. The molecule has 0 bridgehead atoms. The van der Waals surface area contributed by atoms with Gasteiger partial charge in [-0.1, -0.05) is 20.8 Å². The number of carbonyl (C=O) groups is 2. The van der Waals surface area contributed by atoms with Crippen molar-refractivity contribution < 1.29 is 9.59 Å². The zero-order valence-electron chi connectivity index (χ0n) is 13.7. The molecule has 0 spiro atoms. The summed E-state index contributed by atoms with van der Waals surface area (Å²) in [4.78, 5) is 25.7. The normalized spacial score (nSPS) is 16.3. The highest BCUT2D eigenvalue weighted by Gasteiger charge is 2.25. The highest BCUT2D eigenvalue weighted by molar-refractivity contribution is 5.87. The lowest BCUT2D eigenvalue weighted by Crippen LogP contribution is -2.46. The minimum atomic E-state index is -0.444. The molecule has 0 aromatic heterocycles. The Morgan fingerprint density at radius 1 is 1.19 bits per heavy atom. The average Bonchev–Trinajstić information content (AvgIpc) is 2.41. The highest BCUT2D eigenvalue weighted by atomic mass is 35.5. The maximum atomic E-state index is 12.0. The predicted octanol–water partition coefficient (Wildman–Crippen LogP) is 1.42. The molecule has 0 aromatic carbocycles. The van der Waals surface area contributed by atoms with Crippen LogP contribution in [0.4, 0.5) is 0 Å². The Hall–Kier alpha value is -0.810. The molecule has 0 aromatic rings. The van der Waals surface area contributed by atoms with Crippen LogP contribution in [0, 0.1) is 11.3 Å². The molecule has 21 heavy (non-hydrogen) atoms. The van der Waals surface area contributed by atoms with Gasteiger partial charge in [-0.05, 0) is 38.8 Å². The molecule has 0 atom stereocenters. The van der Waals surface area contributed by atoms with E-state index in [2.05, 4.69) is 10.6 Å². The Bertz CT molecular complexity index is 334. The van der Waals surface area contributed by atoms with Crippen molar-refractivity contribution in [2.45, 2.75) is 40.0 Å². The molecule has 1 rings (SSSR count). The Kier molecular flexibility index (Phi) is 8.90. The molecular weight excluding hydrogens is 290 g/mol. The highest BCUT2D eigenvalue weighted by Crippen LogP contribution is 2.20. The van der Waals surface area contributed by atoms with E-state index in [1.807, 2.05) is 32.7 Å². The summed E-state index contributed by atoms with van der Waals surface area (Å²) in [5, 5.41) is 5.89. The Labute approximate surface area is 134 Å². The lowest BCUT2D eigenvalue weighted by Gasteiger charge is -2.32. The summed E-state index contributed by atoms with van der Waals surface area (Å²) >= 11 is 0. The molecule has 0 radical (unpaired) electrons. The molecule has 1 saturated heterocycles. The van der Waals surface area contributed by atoms with Crippen LogP contribution in [0.3, 0.4) is 0 Å². The Morgan fingerprint density at radius 2 is 1.76 bits per heavy atom. The second-order valence-electron chi connectivity index (χ2n) is 6.65. The van der Waals surface area contributed by atoms with Crippen LogP contribution in [0.15, 0.2) is 0 Å². The third kappa shape index (κ3) is 7.14. The summed E-state index contributed by atoms with van der Waals surface area (Å²) in [5.74, 6) is 0.681. The SMILES string of the molecule is CNCCC1CCN(C(=O)CNC(=O)C(C)(C)C)CC1.Cl. The van der Waals surface area contributed by atoms with Crippen LogP contribution < -0.4 is 10.6 Å². The van der Waals surface area contributed by atoms with Gasteiger partial charge in [0.1, 0.15) is 0 Å². The van der Waals surface area contributed by atoms with Gasteiger partial charge in [0, 0.05) is 18.5 Å². The van der Waals surface area contributed by atoms with Gasteiger partial charge in [-0.3, -0.25) is 9.59 Å². The average molecular weight is 320 g/mol. The van der Waals surface area contributed by atoms with Crippen molar-refractivity contribution in [1.82, 2.24) is 15.5 Å². The van der Waals surface area contributed by atoms with Crippen LogP contribution in [-0.2, 0) is 9.59 Å². The van der Waals surface area contributed by atoms with Gasteiger partial charge >= 0.3 is 0 Å². The minimum Gasteiger partial charge on any atom is -0.347 e. The molecule has 6 heteroatoms. The van der Waals surface area contributed by atoms with Crippen molar-refractivity contribution in [3.8, 4) is 0 Å². The van der Waals surface area contributed by atoms with Crippen molar-refractivity contribution in [2.75, 3.05) is 33.2 Å². The number of nitrogens with one attached hydrogen (secondary N) is 2. The fourth-order valence-corrected chi connectivity index (χ4v) is 2.35. The number of amides is 2. The molecule has 1 aliphatic heterocycles. The summed E-state index contributed by atoms with van der Waals surface area (Å²) in [6.45, 7) is 8.34. The standard InChI is InChI=1S/C15H29N3O2.ClH/c1-15(2,3)14(20)17-11-13(19)18-9-6-12(7-10-18)5-8-16-4;/h12,16H,5-11H2,1-4H3,(H,17,20);1H. The van der Waals surface area contributed by atoms with Crippen molar-refractivity contribution in [3.63, 3.8) is 0 Å². The van der Waals surface area contributed by atoms with E-state index < -0.39 is 5.41 Å². The van der Waals surface area contributed by atoms with Crippen molar-refractivity contribution >= 4 is 24.2 Å². The molecule has 1 aliphatic rings. The third-order valence-electron chi connectivity index (χ3n) is 3.85. The number of halogens is 1. The first-order chi connectivity index (χ1) is 9.34. The second-order valence-corrected chi connectivity index (χ2v) is 6.65. The first-order valence-corrected chi connectivity index (χ1v) is 7.55. The lowest BCUT2D eigenvalue weighted by atomic mass is 9.93. The lowest BCUT2D eigenvalue weighted by molar-refractivity contribution is -0.136. The molecule has 2 amide bonds. The van der Waals surface area contributed by atoms with Crippen LogP contribution in [0.25, 0.3) is 0 Å². The number of rotatable bonds is 5. The fraction of sp³-hybridized carbons (Fsp3) is 0.867. The smallest absolute Gasteiger partial charge is 0.241 e. The molecule has 0 unspecified atom stereocenters. The van der Waals surface area contributed by atoms with Gasteiger partial charge in [0.15, 0.2) is 0 Å². The van der Waals surface area contributed by atoms with Crippen LogP contribution in [0.2, 0.25) is 0 Å². The maximum Gasteiger partial charge on any atom is 0.241 e. The molecule has 0 aliphatic carbocycles. The minimum absolute atomic E-state index is 0. The fourth-order valence-electron chi connectivity index (χ4n) is 2.35. The van der Waals surface area contributed by atoms with Crippen molar-refractivity contribution in [2.24, 2.45) is 11.3 Å². The van der Waals surface area contributed by atoms with Gasteiger partial charge in [-0.25, -0.2) is 0 Å². The van der Waals surface area contributed by atoms with E-state index in [1.165, 1.54) is 6.42 Å². The van der Waals surface area contributed by atoms with E-state index in [1.54, 1.807) is 0 Å². The summed E-state index contributed by atoms with van der Waals surface area (Å²) in [6, 6.07) is 0. The van der Waals surface area contributed by atoms with E-state index in [9.17, 15) is 9.59 Å². The zero-order valence-corrected chi connectivity index (χ0v) is 14.5. The first kappa shape index (κ1) is 20.2.